The van der Waals surface area contributed by atoms with Crippen molar-refractivity contribution >= 4 is 17.5 Å². The molecule has 0 unspecified atom stereocenters. The minimum Gasteiger partial charge on any atom is -0.497 e. The van der Waals surface area contributed by atoms with Crippen molar-refractivity contribution in [1.29, 1.82) is 0 Å². The second-order valence-electron chi connectivity index (χ2n) is 9.19. The molecule has 37 heavy (non-hydrogen) atoms. The second-order valence-corrected chi connectivity index (χ2v) is 9.19. The van der Waals surface area contributed by atoms with Gasteiger partial charge >= 0.3 is 0 Å². The summed E-state index contributed by atoms with van der Waals surface area (Å²) in [6.45, 7) is 3.99. The van der Waals surface area contributed by atoms with E-state index in [0.717, 1.165) is 19.6 Å². The van der Waals surface area contributed by atoms with Crippen LogP contribution in [0.15, 0.2) is 72.8 Å². The summed E-state index contributed by atoms with van der Waals surface area (Å²) in [5.74, 6) is 1.16. The Morgan fingerprint density at radius 2 is 1.57 bits per heavy atom. The summed E-state index contributed by atoms with van der Waals surface area (Å²) < 4.78 is 10.5. The Morgan fingerprint density at radius 1 is 0.811 bits per heavy atom. The SMILES string of the molecule is COc1ccc(NC(=O)CCCC(=O)N2CCN(Cc3cccc(-c4ccccc4)c3)CC2)c(OC)c1. The van der Waals surface area contributed by atoms with Crippen molar-refractivity contribution in [2.75, 3.05) is 45.7 Å². The first-order valence-corrected chi connectivity index (χ1v) is 12.7. The van der Waals surface area contributed by atoms with Crippen LogP contribution in [0.3, 0.4) is 0 Å². The molecule has 1 fully saturated rings. The molecule has 0 radical (unpaired) electrons. The van der Waals surface area contributed by atoms with Crippen molar-refractivity contribution in [3.8, 4) is 22.6 Å². The predicted octanol–water partition coefficient (Wildman–Crippen LogP) is 4.82. The monoisotopic (exact) mass is 501 g/mol. The third kappa shape index (κ3) is 7.33. The van der Waals surface area contributed by atoms with Crippen LogP contribution in [0.1, 0.15) is 24.8 Å². The summed E-state index contributed by atoms with van der Waals surface area (Å²) in [6, 6.07) is 24.3. The minimum atomic E-state index is -0.140. The minimum absolute atomic E-state index is 0.112. The molecule has 0 atom stereocenters. The summed E-state index contributed by atoms with van der Waals surface area (Å²) in [4.78, 5) is 29.4. The van der Waals surface area contributed by atoms with Crippen LogP contribution in [0.2, 0.25) is 0 Å². The average Bonchev–Trinajstić information content (AvgIpc) is 2.94. The average molecular weight is 502 g/mol. The van der Waals surface area contributed by atoms with Gasteiger partial charge in [-0.25, -0.2) is 0 Å². The number of hydrogen-bond donors (Lipinski definition) is 1. The van der Waals surface area contributed by atoms with Gasteiger partial charge in [0.05, 0.1) is 19.9 Å². The van der Waals surface area contributed by atoms with Gasteiger partial charge in [-0.3, -0.25) is 14.5 Å². The predicted molar refractivity (Wildman–Crippen MR) is 146 cm³/mol. The number of amides is 2. The second kappa shape index (κ2) is 12.9. The fraction of sp³-hybridized carbons (Fsp3) is 0.333. The lowest BCUT2D eigenvalue weighted by Crippen LogP contribution is -2.48. The highest BCUT2D eigenvalue weighted by atomic mass is 16.5. The lowest BCUT2D eigenvalue weighted by Gasteiger charge is -2.35. The molecule has 1 aliphatic heterocycles. The van der Waals surface area contributed by atoms with Crippen LogP contribution < -0.4 is 14.8 Å². The first kappa shape index (κ1) is 26.2. The molecule has 1 N–H and O–H groups in total. The Labute approximate surface area is 219 Å². The van der Waals surface area contributed by atoms with Gasteiger partial charge in [0.2, 0.25) is 11.8 Å². The van der Waals surface area contributed by atoms with Crippen molar-refractivity contribution in [3.05, 3.63) is 78.4 Å². The summed E-state index contributed by atoms with van der Waals surface area (Å²) in [5.41, 5.74) is 4.31. The topological polar surface area (TPSA) is 71.1 Å². The van der Waals surface area contributed by atoms with Crippen LogP contribution >= 0.6 is 0 Å². The molecule has 0 saturated carbocycles. The Kier molecular flexibility index (Phi) is 9.16. The van der Waals surface area contributed by atoms with Gasteiger partial charge in [-0.05, 0) is 41.3 Å². The number of ether oxygens (including phenoxy) is 2. The van der Waals surface area contributed by atoms with Gasteiger partial charge in [-0.2, -0.15) is 0 Å². The number of carbonyl (C=O) groups is 2. The molecule has 0 spiro atoms. The highest BCUT2D eigenvalue weighted by Gasteiger charge is 2.21. The van der Waals surface area contributed by atoms with Crippen molar-refractivity contribution < 1.29 is 19.1 Å². The molecule has 1 heterocycles. The van der Waals surface area contributed by atoms with Gasteiger partial charge in [-0.15, -0.1) is 0 Å². The van der Waals surface area contributed by atoms with Crippen molar-refractivity contribution in [3.63, 3.8) is 0 Å². The molecule has 7 heteroatoms. The lowest BCUT2D eigenvalue weighted by molar-refractivity contribution is -0.133. The summed E-state index contributed by atoms with van der Waals surface area (Å²) in [6.07, 6.45) is 1.15. The largest absolute Gasteiger partial charge is 0.497 e. The maximum absolute atomic E-state index is 12.7. The molecule has 1 saturated heterocycles. The van der Waals surface area contributed by atoms with E-state index in [1.807, 2.05) is 11.0 Å². The van der Waals surface area contributed by atoms with E-state index in [1.165, 1.54) is 16.7 Å². The summed E-state index contributed by atoms with van der Waals surface area (Å²) in [5, 5.41) is 2.86. The van der Waals surface area contributed by atoms with Gasteiger partial charge in [-0.1, -0.05) is 48.5 Å². The third-order valence-corrected chi connectivity index (χ3v) is 6.64. The zero-order chi connectivity index (χ0) is 26.0. The van der Waals surface area contributed by atoms with E-state index >= 15 is 0 Å². The number of methoxy groups -OCH3 is 2. The molecule has 2 amide bonds. The summed E-state index contributed by atoms with van der Waals surface area (Å²) in [7, 11) is 3.12. The van der Waals surface area contributed by atoms with E-state index in [1.54, 1.807) is 32.4 Å². The van der Waals surface area contributed by atoms with Crippen LogP contribution in [-0.4, -0.2) is 62.0 Å². The van der Waals surface area contributed by atoms with Crippen LogP contribution in [-0.2, 0) is 16.1 Å². The number of rotatable bonds is 10. The fourth-order valence-electron chi connectivity index (χ4n) is 4.57. The number of carbonyl (C=O) groups excluding carboxylic acids is 2. The standard InChI is InChI=1S/C30H35N3O4/c1-36-26-14-15-27(28(21-26)37-2)31-29(34)12-7-13-30(35)33-18-16-32(17-19-33)22-23-8-6-11-25(20-23)24-9-4-3-5-10-24/h3-6,8-11,14-15,20-21H,7,12-13,16-19,22H2,1-2H3,(H,31,34). The number of nitrogens with zero attached hydrogens (tertiary/aromatic N) is 2. The Bertz CT molecular complexity index is 1190. The van der Waals surface area contributed by atoms with Gasteiger partial charge in [0.15, 0.2) is 0 Å². The van der Waals surface area contributed by atoms with Gasteiger partial charge < -0.3 is 19.7 Å². The maximum atomic E-state index is 12.7. The van der Waals surface area contributed by atoms with E-state index in [0.29, 0.717) is 43.1 Å². The first-order valence-electron chi connectivity index (χ1n) is 12.7. The zero-order valence-electron chi connectivity index (χ0n) is 21.6. The van der Waals surface area contributed by atoms with E-state index < -0.39 is 0 Å². The third-order valence-electron chi connectivity index (χ3n) is 6.64. The van der Waals surface area contributed by atoms with Crippen molar-refractivity contribution in [2.24, 2.45) is 0 Å². The fourth-order valence-corrected chi connectivity index (χ4v) is 4.57. The van der Waals surface area contributed by atoms with Crippen molar-refractivity contribution in [1.82, 2.24) is 9.80 Å². The molecule has 1 aliphatic rings. The zero-order valence-corrected chi connectivity index (χ0v) is 21.6. The molecule has 3 aromatic carbocycles. The number of hydrogen-bond acceptors (Lipinski definition) is 5. The quantitative estimate of drug-likeness (QED) is 0.431. The molecule has 0 aromatic heterocycles. The normalized spacial score (nSPS) is 13.7. The van der Waals surface area contributed by atoms with Crippen LogP contribution in [0, 0.1) is 0 Å². The highest BCUT2D eigenvalue weighted by molar-refractivity contribution is 5.92. The van der Waals surface area contributed by atoms with E-state index in [4.69, 9.17) is 9.47 Å². The van der Waals surface area contributed by atoms with E-state index in [9.17, 15) is 9.59 Å². The Balaban J connectivity index is 1.18. The van der Waals surface area contributed by atoms with Crippen LogP contribution in [0.5, 0.6) is 11.5 Å². The highest BCUT2D eigenvalue weighted by Crippen LogP contribution is 2.29. The molecule has 3 aromatic rings. The molecule has 0 bridgehead atoms. The Morgan fingerprint density at radius 3 is 2.30 bits per heavy atom. The number of anilines is 1. The number of nitrogens with one attached hydrogen (secondary N) is 1. The molecule has 0 aliphatic carbocycles. The van der Waals surface area contributed by atoms with Crippen LogP contribution in [0.4, 0.5) is 5.69 Å². The number of piperazine rings is 1. The molecular formula is C30H35N3O4. The smallest absolute Gasteiger partial charge is 0.224 e. The molecular weight excluding hydrogens is 466 g/mol. The number of benzene rings is 3. The van der Waals surface area contributed by atoms with E-state index in [2.05, 4.69) is 58.7 Å². The summed E-state index contributed by atoms with van der Waals surface area (Å²) >= 11 is 0. The lowest BCUT2D eigenvalue weighted by atomic mass is 10.0. The maximum Gasteiger partial charge on any atom is 0.224 e. The van der Waals surface area contributed by atoms with Crippen LogP contribution in [0.25, 0.3) is 11.1 Å². The first-order chi connectivity index (χ1) is 18.1. The molecule has 4 rings (SSSR count). The molecule has 7 nitrogen and oxygen atoms in total. The Hall–Kier alpha value is -3.84. The van der Waals surface area contributed by atoms with Gasteiger partial charge in [0.1, 0.15) is 11.5 Å². The molecule has 194 valence electrons. The van der Waals surface area contributed by atoms with Gasteiger partial charge in [0, 0.05) is 51.6 Å². The van der Waals surface area contributed by atoms with E-state index in [-0.39, 0.29) is 18.2 Å². The van der Waals surface area contributed by atoms with Crippen molar-refractivity contribution in [2.45, 2.75) is 25.8 Å². The van der Waals surface area contributed by atoms with Gasteiger partial charge in [0.25, 0.3) is 0 Å².